The van der Waals surface area contributed by atoms with Gasteiger partial charge in [0.15, 0.2) is 0 Å². The molecule has 10 heteroatoms. The maximum Gasteiger partial charge on any atom is 0.332 e. The lowest BCUT2D eigenvalue weighted by atomic mass is 10.3. The van der Waals surface area contributed by atoms with Crippen LogP contribution in [0.3, 0.4) is 0 Å². The molecule has 4 N–H and O–H groups in total. The van der Waals surface area contributed by atoms with Crippen molar-refractivity contribution in [3.05, 3.63) is 15.8 Å². The number of aromatic nitrogens is 2. The summed E-state index contributed by atoms with van der Waals surface area (Å²) in [6.07, 6.45) is 1.57. The minimum atomic E-state index is -1.03. The minimum Gasteiger partial charge on any atom is -0.363 e. The number of nitro groups is 1. The standard InChI is InChI=1S/C9H16N6O3S/c1-5(19(3)18)4-11-8-7(15(16)17)6(2)12-9(13-8)14-10/h5H,4,10H2,1-3H3,(H2,11,12,13,14). The number of hydrazine groups is 1. The van der Waals surface area contributed by atoms with Crippen LogP contribution in [0.1, 0.15) is 12.6 Å². The Morgan fingerprint density at radius 1 is 1.53 bits per heavy atom. The molecule has 0 spiro atoms. The molecule has 2 unspecified atom stereocenters. The van der Waals surface area contributed by atoms with Crippen LogP contribution in [0.4, 0.5) is 17.5 Å². The predicted molar refractivity (Wildman–Crippen MR) is 73.3 cm³/mol. The van der Waals surface area contributed by atoms with Crippen molar-refractivity contribution in [3.8, 4) is 0 Å². The van der Waals surface area contributed by atoms with Crippen molar-refractivity contribution in [3.63, 3.8) is 0 Å². The third-order valence-corrected chi connectivity index (χ3v) is 3.79. The Labute approximate surface area is 112 Å². The van der Waals surface area contributed by atoms with Gasteiger partial charge >= 0.3 is 5.69 Å². The van der Waals surface area contributed by atoms with E-state index in [1.807, 2.05) is 0 Å². The van der Waals surface area contributed by atoms with Crippen molar-refractivity contribution in [1.29, 1.82) is 0 Å². The second-order valence-corrected chi connectivity index (χ2v) is 5.72. The molecule has 0 aliphatic carbocycles. The highest BCUT2D eigenvalue weighted by Crippen LogP contribution is 2.26. The fourth-order valence-corrected chi connectivity index (χ4v) is 1.65. The van der Waals surface area contributed by atoms with Gasteiger partial charge in [0.05, 0.1) is 4.92 Å². The van der Waals surface area contributed by atoms with Crippen LogP contribution in [0, 0.1) is 17.0 Å². The summed E-state index contributed by atoms with van der Waals surface area (Å²) in [5.74, 6) is 5.33. The van der Waals surface area contributed by atoms with Crippen molar-refractivity contribution in [2.45, 2.75) is 19.1 Å². The maximum atomic E-state index is 11.2. The van der Waals surface area contributed by atoms with Crippen molar-refractivity contribution < 1.29 is 9.13 Å². The second kappa shape index (κ2) is 6.38. The molecule has 0 amide bonds. The summed E-state index contributed by atoms with van der Waals surface area (Å²) in [6.45, 7) is 3.56. The molecule has 1 rings (SSSR count). The SMILES string of the molecule is Cc1nc(NN)nc(NCC(C)S(C)=O)c1[N+](=O)[O-]. The number of rotatable bonds is 6. The molecule has 0 saturated heterocycles. The molecular formula is C9H16N6O3S. The molecule has 0 aliphatic rings. The molecule has 106 valence electrons. The van der Waals surface area contributed by atoms with Crippen LogP contribution in [-0.2, 0) is 10.8 Å². The highest BCUT2D eigenvalue weighted by molar-refractivity contribution is 7.84. The van der Waals surface area contributed by atoms with Crippen LogP contribution < -0.4 is 16.6 Å². The van der Waals surface area contributed by atoms with Gasteiger partial charge in [0.25, 0.3) is 0 Å². The first kappa shape index (κ1) is 15.2. The van der Waals surface area contributed by atoms with Gasteiger partial charge in [-0.2, -0.15) is 4.98 Å². The van der Waals surface area contributed by atoms with Crippen LogP contribution >= 0.6 is 0 Å². The van der Waals surface area contributed by atoms with E-state index in [4.69, 9.17) is 5.84 Å². The van der Waals surface area contributed by atoms with Crippen molar-refractivity contribution >= 4 is 28.3 Å². The van der Waals surface area contributed by atoms with Gasteiger partial charge in [0, 0.05) is 28.9 Å². The first-order valence-corrected chi connectivity index (χ1v) is 7.04. The average Bonchev–Trinajstić information content (AvgIpc) is 2.34. The summed E-state index contributed by atoms with van der Waals surface area (Å²) in [6, 6.07) is 0. The molecule has 0 fully saturated rings. The zero-order valence-corrected chi connectivity index (χ0v) is 11.7. The van der Waals surface area contributed by atoms with E-state index in [2.05, 4.69) is 20.7 Å². The fraction of sp³-hybridized carbons (Fsp3) is 0.556. The number of nitrogen functional groups attached to an aromatic ring is 1. The van der Waals surface area contributed by atoms with Crippen molar-refractivity contribution in [1.82, 2.24) is 9.97 Å². The van der Waals surface area contributed by atoms with E-state index in [1.165, 1.54) is 6.92 Å². The van der Waals surface area contributed by atoms with Crippen molar-refractivity contribution in [2.75, 3.05) is 23.5 Å². The predicted octanol–water partition coefficient (Wildman–Crippen LogP) is 0.158. The third-order valence-electron chi connectivity index (χ3n) is 2.49. The van der Waals surface area contributed by atoms with E-state index in [1.54, 1.807) is 13.2 Å². The Morgan fingerprint density at radius 2 is 2.16 bits per heavy atom. The lowest BCUT2D eigenvalue weighted by molar-refractivity contribution is -0.385. The first-order valence-electron chi connectivity index (χ1n) is 5.42. The zero-order valence-electron chi connectivity index (χ0n) is 10.8. The molecule has 19 heavy (non-hydrogen) atoms. The summed E-state index contributed by atoms with van der Waals surface area (Å²) in [7, 11) is -1.03. The number of nitrogens with one attached hydrogen (secondary N) is 2. The zero-order chi connectivity index (χ0) is 14.6. The summed E-state index contributed by atoms with van der Waals surface area (Å²) in [5.41, 5.74) is 2.22. The van der Waals surface area contributed by atoms with Gasteiger partial charge < -0.3 is 5.32 Å². The van der Waals surface area contributed by atoms with Crippen LogP contribution in [0.2, 0.25) is 0 Å². The summed E-state index contributed by atoms with van der Waals surface area (Å²) in [4.78, 5) is 18.2. The molecule has 0 saturated carbocycles. The average molecular weight is 288 g/mol. The number of nitrogens with zero attached hydrogens (tertiary/aromatic N) is 3. The molecule has 0 aliphatic heterocycles. The van der Waals surface area contributed by atoms with E-state index in [0.717, 1.165) is 0 Å². The number of hydrogen-bond acceptors (Lipinski definition) is 8. The van der Waals surface area contributed by atoms with E-state index in [-0.39, 0.29) is 28.4 Å². The van der Waals surface area contributed by atoms with Crippen LogP contribution in [0.5, 0.6) is 0 Å². The molecule has 0 aromatic carbocycles. The van der Waals surface area contributed by atoms with Crippen LogP contribution in [-0.4, -0.2) is 37.2 Å². The largest absolute Gasteiger partial charge is 0.363 e. The Balaban J connectivity index is 3.06. The topological polar surface area (TPSA) is 136 Å². The van der Waals surface area contributed by atoms with Crippen LogP contribution in [0.25, 0.3) is 0 Å². The van der Waals surface area contributed by atoms with Gasteiger partial charge in [-0.1, -0.05) is 0 Å². The van der Waals surface area contributed by atoms with Crippen LogP contribution in [0.15, 0.2) is 0 Å². The summed E-state index contributed by atoms with van der Waals surface area (Å²) in [5, 5.41) is 13.6. The third kappa shape index (κ3) is 3.83. The summed E-state index contributed by atoms with van der Waals surface area (Å²) >= 11 is 0. The Kier molecular flexibility index (Phi) is 5.12. The monoisotopic (exact) mass is 288 g/mol. The van der Waals surface area contributed by atoms with Gasteiger partial charge in [-0.05, 0) is 13.8 Å². The van der Waals surface area contributed by atoms with Gasteiger partial charge in [-0.3, -0.25) is 19.7 Å². The number of aryl methyl sites for hydroxylation is 1. The highest BCUT2D eigenvalue weighted by atomic mass is 32.2. The van der Waals surface area contributed by atoms with E-state index < -0.39 is 15.7 Å². The number of anilines is 2. The number of hydrogen-bond donors (Lipinski definition) is 3. The second-order valence-electron chi connectivity index (χ2n) is 3.92. The van der Waals surface area contributed by atoms with Gasteiger partial charge in [0.2, 0.25) is 11.8 Å². The first-order chi connectivity index (χ1) is 8.86. The lowest BCUT2D eigenvalue weighted by Gasteiger charge is -2.12. The van der Waals surface area contributed by atoms with Crippen molar-refractivity contribution in [2.24, 2.45) is 5.84 Å². The fourth-order valence-electron chi connectivity index (χ4n) is 1.33. The Morgan fingerprint density at radius 3 is 2.63 bits per heavy atom. The minimum absolute atomic E-state index is 0.0581. The lowest BCUT2D eigenvalue weighted by Crippen LogP contribution is -2.22. The summed E-state index contributed by atoms with van der Waals surface area (Å²) < 4.78 is 11.2. The highest BCUT2D eigenvalue weighted by Gasteiger charge is 2.22. The van der Waals surface area contributed by atoms with Gasteiger partial charge in [-0.25, -0.2) is 10.8 Å². The molecule has 0 radical (unpaired) electrons. The molecule has 9 nitrogen and oxygen atoms in total. The molecule has 2 atom stereocenters. The normalized spacial score (nSPS) is 13.7. The quantitative estimate of drug-likeness (QED) is 0.382. The molecule has 1 aromatic heterocycles. The van der Waals surface area contributed by atoms with Gasteiger partial charge in [0.1, 0.15) is 5.69 Å². The molecule has 1 heterocycles. The Hall–Kier alpha value is -1.81. The number of nitrogens with two attached hydrogens (primary N) is 1. The molecule has 1 aromatic rings. The maximum absolute atomic E-state index is 11.2. The Bertz CT molecular complexity index is 509. The smallest absolute Gasteiger partial charge is 0.332 e. The van der Waals surface area contributed by atoms with E-state index >= 15 is 0 Å². The van der Waals surface area contributed by atoms with E-state index in [9.17, 15) is 14.3 Å². The molecule has 0 bridgehead atoms. The van der Waals surface area contributed by atoms with Gasteiger partial charge in [-0.15, -0.1) is 0 Å². The van der Waals surface area contributed by atoms with E-state index in [0.29, 0.717) is 6.54 Å². The molecular weight excluding hydrogens is 272 g/mol.